The molecule has 1 heterocycles. The fraction of sp³-hybridized carbons (Fsp3) is 0.784. The van der Waals surface area contributed by atoms with Gasteiger partial charge >= 0.3 is 5.97 Å². The smallest absolute Gasteiger partial charge is 0.312 e. The molecule has 4 fully saturated rings. The SMILES string of the molecule is CC1(C)CC[C@]2(C(=O)OCC[n+]3ccccc3)CC[C@]3(C)C(=CC[C@@H]4[C@@]5(C)CC[C@H](O)C(C)(C)[C@@H]5CC[C@]43C)[C@@H]2C1. The third kappa shape index (κ3) is 4.23. The van der Waals surface area contributed by atoms with Crippen molar-refractivity contribution in [2.45, 2.75) is 125 Å². The van der Waals surface area contributed by atoms with Crippen LogP contribution in [-0.4, -0.2) is 23.8 Å². The Morgan fingerprint density at radius 1 is 0.902 bits per heavy atom. The summed E-state index contributed by atoms with van der Waals surface area (Å²) in [5.74, 6) is 1.51. The standard InChI is InChI=1S/C37H56NO3/c1-32(2)17-19-37(31(40)41-24-23-38-21-9-8-10-22-38)20-18-35(6)26(27(37)25-32)11-12-29-34(5)15-14-30(39)33(3,4)28(34)13-16-36(29,35)7/h8-11,21-22,27-30,39H,12-20,23-25H2,1-7H3/q+1/t27-,28-,29+,30-,34-,35+,36+,37-/m0/s1. The van der Waals surface area contributed by atoms with Gasteiger partial charge < -0.3 is 9.84 Å². The van der Waals surface area contributed by atoms with Crippen LogP contribution in [0.15, 0.2) is 42.2 Å². The van der Waals surface area contributed by atoms with E-state index < -0.39 is 0 Å². The van der Waals surface area contributed by atoms with Gasteiger partial charge in [0.1, 0.15) is 0 Å². The highest BCUT2D eigenvalue weighted by molar-refractivity contribution is 5.78. The van der Waals surface area contributed by atoms with Crippen molar-refractivity contribution in [1.82, 2.24) is 0 Å². The van der Waals surface area contributed by atoms with Crippen LogP contribution in [-0.2, 0) is 16.1 Å². The molecule has 1 N–H and O–H groups in total. The van der Waals surface area contributed by atoms with Crippen LogP contribution >= 0.6 is 0 Å². The highest BCUT2D eigenvalue weighted by Crippen LogP contribution is 2.75. The Morgan fingerprint density at radius 2 is 1.61 bits per heavy atom. The van der Waals surface area contributed by atoms with E-state index in [1.807, 2.05) is 30.6 Å². The van der Waals surface area contributed by atoms with Crippen LogP contribution in [0.5, 0.6) is 0 Å². The van der Waals surface area contributed by atoms with Crippen molar-refractivity contribution >= 4 is 5.97 Å². The summed E-state index contributed by atoms with van der Waals surface area (Å²) in [6, 6.07) is 6.06. The highest BCUT2D eigenvalue weighted by Gasteiger charge is 2.69. The number of aliphatic hydroxyl groups is 1. The summed E-state index contributed by atoms with van der Waals surface area (Å²) in [5.41, 5.74) is 1.98. The predicted octanol–water partition coefficient (Wildman–Crippen LogP) is 7.68. The summed E-state index contributed by atoms with van der Waals surface area (Å²) < 4.78 is 8.26. The Labute approximate surface area is 249 Å². The quantitative estimate of drug-likeness (QED) is 0.233. The maximum atomic E-state index is 14.2. The molecule has 1 aromatic heterocycles. The number of aromatic nitrogens is 1. The van der Waals surface area contributed by atoms with E-state index >= 15 is 0 Å². The molecule has 4 nitrogen and oxygen atoms in total. The van der Waals surface area contributed by atoms with E-state index in [1.54, 1.807) is 5.57 Å². The molecule has 5 aliphatic rings. The Bertz CT molecular complexity index is 1200. The average molecular weight is 563 g/mol. The molecule has 6 rings (SSSR count). The molecule has 41 heavy (non-hydrogen) atoms. The number of fused-ring (bicyclic) bond motifs is 7. The van der Waals surface area contributed by atoms with Gasteiger partial charge in [-0.1, -0.05) is 66.2 Å². The van der Waals surface area contributed by atoms with Gasteiger partial charge in [-0.3, -0.25) is 4.79 Å². The molecule has 0 aliphatic heterocycles. The lowest BCUT2D eigenvalue weighted by Gasteiger charge is -2.71. The van der Waals surface area contributed by atoms with Gasteiger partial charge in [-0.25, -0.2) is 4.57 Å². The van der Waals surface area contributed by atoms with Crippen LogP contribution in [0, 0.1) is 50.2 Å². The van der Waals surface area contributed by atoms with Crippen LogP contribution in [0.1, 0.15) is 113 Å². The van der Waals surface area contributed by atoms with Gasteiger partial charge in [0.05, 0.1) is 11.5 Å². The van der Waals surface area contributed by atoms with Crippen molar-refractivity contribution in [2.75, 3.05) is 6.61 Å². The molecule has 0 radical (unpaired) electrons. The van der Waals surface area contributed by atoms with Gasteiger partial charge in [-0.05, 0) is 109 Å². The van der Waals surface area contributed by atoms with E-state index in [2.05, 4.69) is 59.1 Å². The van der Waals surface area contributed by atoms with E-state index in [4.69, 9.17) is 4.74 Å². The highest BCUT2D eigenvalue weighted by atomic mass is 16.5. The van der Waals surface area contributed by atoms with E-state index in [9.17, 15) is 9.90 Å². The Kier molecular flexibility index (Phi) is 6.93. The maximum Gasteiger partial charge on any atom is 0.312 e. The van der Waals surface area contributed by atoms with E-state index in [-0.39, 0.29) is 50.5 Å². The summed E-state index contributed by atoms with van der Waals surface area (Å²) in [6.45, 7) is 18.4. The van der Waals surface area contributed by atoms with E-state index in [0.29, 0.717) is 25.0 Å². The normalized spacial score (nSPS) is 44.3. The average Bonchev–Trinajstić information content (AvgIpc) is 2.91. The Balaban J connectivity index is 1.32. The first kappa shape index (κ1) is 29.4. The topological polar surface area (TPSA) is 50.4 Å². The fourth-order valence-electron chi connectivity index (χ4n) is 11.6. The molecule has 0 unspecified atom stereocenters. The maximum absolute atomic E-state index is 14.2. The van der Waals surface area contributed by atoms with Crippen LogP contribution < -0.4 is 4.57 Å². The molecule has 5 aliphatic carbocycles. The van der Waals surface area contributed by atoms with Crippen molar-refractivity contribution in [3.05, 3.63) is 42.2 Å². The Hall–Kier alpha value is -1.68. The lowest BCUT2D eigenvalue weighted by atomic mass is 9.33. The molecular weight excluding hydrogens is 506 g/mol. The van der Waals surface area contributed by atoms with Gasteiger partial charge in [-0.2, -0.15) is 0 Å². The zero-order valence-corrected chi connectivity index (χ0v) is 27.0. The van der Waals surface area contributed by atoms with Gasteiger partial charge in [0.2, 0.25) is 0 Å². The lowest BCUT2D eigenvalue weighted by molar-refractivity contribution is -0.698. The molecule has 0 saturated heterocycles. The predicted molar refractivity (Wildman–Crippen MR) is 163 cm³/mol. The third-order valence-electron chi connectivity index (χ3n) is 14.4. The molecule has 0 bridgehead atoms. The fourth-order valence-corrected chi connectivity index (χ4v) is 11.6. The van der Waals surface area contributed by atoms with Gasteiger partial charge in [0, 0.05) is 12.1 Å². The number of hydrogen-bond donors (Lipinski definition) is 1. The monoisotopic (exact) mass is 562 g/mol. The second kappa shape index (κ2) is 9.66. The van der Waals surface area contributed by atoms with Crippen LogP contribution in [0.2, 0.25) is 0 Å². The number of nitrogens with zero attached hydrogens (tertiary/aromatic N) is 1. The van der Waals surface area contributed by atoms with Crippen LogP contribution in [0.3, 0.4) is 0 Å². The van der Waals surface area contributed by atoms with Crippen molar-refractivity contribution in [2.24, 2.45) is 50.2 Å². The number of esters is 1. The third-order valence-corrected chi connectivity index (χ3v) is 14.4. The molecule has 4 heteroatoms. The van der Waals surface area contributed by atoms with Gasteiger partial charge in [-0.15, -0.1) is 0 Å². The molecule has 8 atom stereocenters. The zero-order chi connectivity index (χ0) is 29.5. The number of rotatable bonds is 4. The van der Waals surface area contributed by atoms with E-state index in [0.717, 1.165) is 51.4 Å². The number of allylic oxidation sites excluding steroid dienone is 2. The minimum absolute atomic E-state index is 0.0316. The van der Waals surface area contributed by atoms with Crippen LogP contribution in [0.4, 0.5) is 0 Å². The number of hydrogen-bond acceptors (Lipinski definition) is 3. The molecule has 4 saturated carbocycles. The number of carbonyl (C=O) groups is 1. The van der Waals surface area contributed by atoms with Crippen molar-refractivity contribution in [3.8, 4) is 0 Å². The first-order chi connectivity index (χ1) is 19.2. The van der Waals surface area contributed by atoms with Gasteiger partial charge in [0.15, 0.2) is 25.5 Å². The lowest BCUT2D eigenvalue weighted by Crippen LogP contribution is -2.65. The second-order valence-corrected chi connectivity index (χ2v) is 17.0. The first-order valence-corrected chi connectivity index (χ1v) is 16.7. The second-order valence-electron chi connectivity index (χ2n) is 17.0. The minimum atomic E-state index is -0.385. The zero-order valence-electron chi connectivity index (χ0n) is 27.0. The largest absolute Gasteiger partial charge is 0.458 e. The summed E-state index contributed by atoms with van der Waals surface area (Å²) in [4.78, 5) is 14.2. The molecule has 0 aromatic carbocycles. The number of aliphatic hydroxyl groups excluding tert-OH is 1. The van der Waals surface area contributed by atoms with Crippen molar-refractivity contribution in [1.29, 1.82) is 0 Å². The number of pyridine rings is 1. The van der Waals surface area contributed by atoms with E-state index in [1.165, 1.54) is 12.8 Å². The first-order valence-electron chi connectivity index (χ1n) is 16.7. The van der Waals surface area contributed by atoms with Crippen molar-refractivity contribution in [3.63, 3.8) is 0 Å². The summed E-state index contributed by atoms with van der Waals surface area (Å²) in [6.07, 6.45) is 17.3. The summed E-state index contributed by atoms with van der Waals surface area (Å²) in [5, 5.41) is 11.0. The molecule has 226 valence electrons. The molecular formula is C37H56NO3+. The van der Waals surface area contributed by atoms with Gasteiger partial charge in [0.25, 0.3) is 0 Å². The van der Waals surface area contributed by atoms with Crippen molar-refractivity contribution < 1.29 is 19.2 Å². The number of carbonyl (C=O) groups excluding carboxylic acids is 1. The number of ether oxygens (including phenoxy) is 1. The summed E-state index contributed by atoms with van der Waals surface area (Å²) >= 11 is 0. The Morgan fingerprint density at radius 3 is 2.34 bits per heavy atom. The molecule has 0 amide bonds. The van der Waals surface area contributed by atoms with Crippen LogP contribution in [0.25, 0.3) is 0 Å². The molecule has 1 aromatic rings. The minimum Gasteiger partial charge on any atom is -0.458 e. The molecule has 0 spiro atoms. The summed E-state index contributed by atoms with van der Waals surface area (Å²) in [7, 11) is 0.